The Morgan fingerprint density at radius 2 is 1.46 bits per heavy atom. The van der Waals surface area contributed by atoms with Crippen molar-refractivity contribution in [2.24, 2.45) is 11.7 Å². The first kappa shape index (κ1) is 23.3. The van der Waals surface area contributed by atoms with Gasteiger partial charge in [0.2, 0.25) is 11.8 Å². The molecule has 0 fully saturated rings. The topological polar surface area (TPSA) is 196 Å². The van der Waals surface area contributed by atoms with Crippen LogP contribution in [-0.4, -0.2) is 63.2 Å². The highest BCUT2D eigenvalue weighted by molar-refractivity contribution is 5.94. The van der Waals surface area contributed by atoms with Gasteiger partial charge in [-0.1, -0.05) is 20.3 Å². The number of carboxylic acid groups (broad SMARTS) is 3. The Morgan fingerprint density at radius 3 is 1.88 bits per heavy atom. The lowest BCUT2D eigenvalue weighted by molar-refractivity contribution is -0.144. The van der Waals surface area contributed by atoms with E-state index in [-0.39, 0.29) is 5.92 Å². The van der Waals surface area contributed by atoms with Gasteiger partial charge in [0.05, 0.1) is 12.5 Å². The normalized spacial score (nSPS) is 15.2. The third kappa shape index (κ3) is 8.42. The number of nitrogens with one attached hydrogen (secondary N) is 2. The van der Waals surface area contributed by atoms with E-state index in [1.54, 1.807) is 13.8 Å². The molecule has 7 N–H and O–H groups in total. The highest BCUT2D eigenvalue weighted by Crippen LogP contribution is 2.07. The van der Waals surface area contributed by atoms with E-state index in [0.29, 0.717) is 6.42 Å². The van der Waals surface area contributed by atoms with Gasteiger partial charge in [0.1, 0.15) is 12.1 Å². The number of carbonyl (C=O) groups is 5. The van der Waals surface area contributed by atoms with Crippen molar-refractivity contribution < 1.29 is 39.3 Å². The van der Waals surface area contributed by atoms with Crippen LogP contribution >= 0.6 is 0 Å². The SMILES string of the molecule is CCC(C)C(N)C(=O)NC(CC(=O)O)C(=O)NC(CCC(=O)O)C(=O)O. The molecule has 11 nitrogen and oxygen atoms in total. The van der Waals surface area contributed by atoms with Gasteiger partial charge in [-0.3, -0.25) is 19.2 Å². The van der Waals surface area contributed by atoms with Crippen molar-refractivity contribution in [1.82, 2.24) is 10.6 Å². The molecule has 0 aliphatic carbocycles. The van der Waals surface area contributed by atoms with Crippen molar-refractivity contribution in [3.05, 3.63) is 0 Å². The van der Waals surface area contributed by atoms with Gasteiger partial charge in [-0.15, -0.1) is 0 Å². The fourth-order valence-electron chi connectivity index (χ4n) is 1.96. The molecule has 0 heterocycles. The van der Waals surface area contributed by atoms with E-state index in [1.165, 1.54) is 0 Å². The minimum Gasteiger partial charge on any atom is -0.481 e. The van der Waals surface area contributed by atoms with Gasteiger partial charge in [0.15, 0.2) is 0 Å². The van der Waals surface area contributed by atoms with Gasteiger partial charge < -0.3 is 31.7 Å². The van der Waals surface area contributed by atoms with Crippen LogP contribution in [0.1, 0.15) is 39.5 Å². The molecule has 0 aromatic heterocycles. The van der Waals surface area contributed by atoms with Crippen LogP contribution in [0.15, 0.2) is 0 Å². The smallest absolute Gasteiger partial charge is 0.326 e. The van der Waals surface area contributed by atoms with Crippen molar-refractivity contribution in [3.8, 4) is 0 Å². The molecule has 4 unspecified atom stereocenters. The summed E-state index contributed by atoms with van der Waals surface area (Å²) in [6, 6.07) is -4.04. The lowest BCUT2D eigenvalue weighted by atomic mass is 9.99. The van der Waals surface area contributed by atoms with Gasteiger partial charge in [-0.05, 0) is 12.3 Å². The number of hydrogen-bond donors (Lipinski definition) is 6. The van der Waals surface area contributed by atoms with E-state index < -0.39 is 67.1 Å². The van der Waals surface area contributed by atoms with Gasteiger partial charge in [-0.2, -0.15) is 0 Å². The van der Waals surface area contributed by atoms with Crippen LogP contribution in [0.4, 0.5) is 0 Å². The Kier molecular flexibility index (Phi) is 9.89. The lowest BCUT2D eigenvalue weighted by Gasteiger charge is -2.23. The summed E-state index contributed by atoms with van der Waals surface area (Å²) in [5, 5.41) is 30.8. The lowest BCUT2D eigenvalue weighted by Crippen LogP contribution is -2.56. The van der Waals surface area contributed by atoms with Crippen LogP contribution in [0.2, 0.25) is 0 Å². The van der Waals surface area contributed by atoms with Crippen LogP contribution < -0.4 is 16.4 Å². The first-order valence-corrected chi connectivity index (χ1v) is 8.02. The molecule has 0 aromatic carbocycles. The van der Waals surface area contributed by atoms with Crippen LogP contribution in [0.5, 0.6) is 0 Å². The molecular weight excluding hydrogens is 350 g/mol. The first-order valence-electron chi connectivity index (χ1n) is 8.02. The van der Waals surface area contributed by atoms with Crippen LogP contribution in [0.25, 0.3) is 0 Å². The summed E-state index contributed by atoms with van der Waals surface area (Å²) >= 11 is 0. The molecule has 0 spiro atoms. The van der Waals surface area contributed by atoms with Crippen LogP contribution in [0.3, 0.4) is 0 Å². The van der Waals surface area contributed by atoms with E-state index in [0.717, 1.165) is 0 Å². The molecule has 0 saturated heterocycles. The molecular formula is C15H25N3O8. The monoisotopic (exact) mass is 375 g/mol. The fourth-order valence-corrected chi connectivity index (χ4v) is 1.96. The van der Waals surface area contributed by atoms with Crippen molar-refractivity contribution in [3.63, 3.8) is 0 Å². The zero-order valence-corrected chi connectivity index (χ0v) is 14.6. The van der Waals surface area contributed by atoms with Crippen molar-refractivity contribution in [2.75, 3.05) is 0 Å². The third-order valence-electron chi connectivity index (χ3n) is 3.83. The predicted molar refractivity (Wildman–Crippen MR) is 88.1 cm³/mol. The molecule has 4 atom stereocenters. The average molecular weight is 375 g/mol. The van der Waals surface area contributed by atoms with Gasteiger partial charge in [0.25, 0.3) is 0 Å². The summed E-state index contributed by atoms with van der Waals surface area (Å²) in [4.78, 5) is 56.9. The van der Waals surface area contributed by atoms with Crippen LogP contribution in [-0.2, 0) is 24.0 Å². The first-order chi connectivity index (χ1) is 12.0. The Balaban J connectivity index is 5.11. The van der Waals surface area contributed by atoms with Crippen LogP contribution in [0, 0.1) is 5.92 Å². The van der Waals surface area contributed by atoms with Gasteiger partial charge >= 0.3 is 17.9 Å². The van der Waals surface area contributed by atoms with E-state index in [4.69, 9.17) is 21.1 Å². The van der Waals surface area contributed by atoms with E-state index in [9.17, 15) is 24.0 Å². The second-order valence-electron chi connectivity index (χ2n) is 5.90. The zero-order valence-electron chi connectivity index (χ0n) is 14.6. The fraction of sp³-hybridized carbons (Fsp3) is 0.667. The maximum atomic E-state index is 12.2. The molecule has 11 heteroatoms. The summed E-state index contributed by atoms with van der Waals surface area (Å²) < 4.78 is 0. The summed E-state index contributed by atoms with van der Waals surface area (Å²) in [6.45, 7) is 3.52. The number of rotatable bonds is 12. The Hall–Kier alpha value is -2.69. The highest BCUT2D eigenvalue weighted by Gasteiger charge is 2.30. The minimum atomic E-state index is -1.54. The standard InChI is InChI=1S/C15H25N3O8/c1-3-7(2)12(16)14(24)18-9(6-11(21)22)13(23)17-8(15(25)26)4-5-10(19)20/h7-9,12H,3-6,16H2,1-2H3,(H,17,23)(H,18,24)(H,19,20)(H,21,22)(H,25,26). The Bertz CT molecular complexity index is 551. The second-order valence-corrected chi connectivity index (χ2v) is 5.90. The summed E-state index contributed by atoms with van der Waals surface area (Å²) in [5.41, 5.74) is 5.73. The van der Waals surface area contributed by atoms with Crippen molar-refractivity contribution in [2.45, 2.75) is 57.7 Å². The highest BCUT2D eigenvalue weighted by atomic mass is 16.4. The third-order valence-corrected chi connectivity index (χ3v) is 3.83. The minimum absolute atomic E-state index is 0.217. The van der Waals surface area contributed by atoms with Crippen molar-refractivity contribution in [1.29, 1.82) is 0 Å². The van der Waals surface area contributed by atoms with Gasteiger partial charge in [0, 0.05) is 6.42 Å². The molecule has 0 saturated carbocycles. The quantitative estimate of drug-likeness (QED) is 0.241. The van der Waals surface area contributed by atoms with E-state index in [1.807, 2.05) is 5.32 Å². The molecule has 0 aromatic rings. The molecule has 0 bridgehead atoms. The average Bonchev–Trinajstić information content (AvgIpc) is 2.55. The Morgan fingerprint density at radius 1 is 0.923 bits per heavy atom. The van der Waals surface area contributed by atoms with Gasteiger partial charge in [-0.25, -0.2) is 4.79 Å². The molecule has 148 valence electrons. The molecule has 0 aliphatic heterocycles. The van der Waals surface area contributed by atoms with E-state index in [2.05, 4.69) is 5.32 Å². The number of carboxylic acids is 3. The largest absolute Gasteiger partial charge is 0.481 e. The molecule has 0 aliphatic rings. The number of amides is 2. The molecule has 2 amide bonds. The number of carbonyl (C=O) groups excluding carboxylic acids is 2. The summed E-state index contributed by atoms with van der Waals surface area (Å²) in [6.07, 6.45) is -1.10. The summed E-state index contributed by atoms with van der Waals surface area (Å²) in [7, 11) is 0. The molecule has 0 rings (SSSR count). The molecule has 26 heavy (non-hydrogen) atoms. The van der Waals surface area contributed by atoms with E-state index >= 15 is 0 Å². The predicted octanol–water partition coefficient (Wildman–Crippen LogP) is -1.25. The maximum absolute atomic E-state index is 12.2. The van der Waals surface area contributed by atoms with Crippen molar-refractivity contribution >= 4 is 29.7 Å². The molecule has 0 radical (unpaired) electrons. The number of aliphatic carboxylic acids is 3. The summed E-state index contributed by atoms with van der Waals surface area (Å²) in [5.74, 6) is -6.12. The maximum Gasteiger partial charge on any atom is 0.326 e. The number of hydrogen-bond acceptors (Lipinski definition) is 6. The zero-order chi connectivity index (χ0) is 20.4. The Labute approximate surface area is 149 Å². The second kappa shape index (κ2) is 11.0. The number of nitrogens with two attached hydrogens (primary N) is 1.